The van der Waals surface area contributed by atoms with E-state index in [0.29, 0.717) is 28.5 Å². The molecule has 5 rings (SSSR count). The van der Waals surface area contributed by atoms with Crippen molar-refractivity contribution in [1.29, 1.82) is 5.26 Å². The Morgan fingerprint density at radius 1 is 1.14 bits per heavy atom. The van der Waals surface area contributed by atoms with Gasteiger partial charge < -0.3 is 15.4 Å². The van der Waals surface area contributed by atoms with Crippen molar-refractivity contribution in [3.8, 4) is 23.7 Å². The van der Waals surface area contributed by atoms with Crippen molar-refractivity contribution in [2.24, 2.45) is 5.92 Å². The quantitative estimate of drug-likeness (QED) is 0.322. The second-order valence-corrected chi connectivity index (χ2v) is 9.65. The van der Waals surface area contributed by atoms with Crippen molar-refractivity contribution in [1.82, 2.24) is 25.7 Å². The van der Waals surface area contributed by atoms with Crippen LogP contribution in [0, 0.1) is 29.1 Å². The van der Waals surface area contributed by atoms with Crippen molar-refractivity contribution in [2.75, 3.05) is 7.11 Å². The van der Waals surface area contributed by atoms with Gasteiger partial charge in [-0.3, -0.25) is 14.8 Å². The van der Waals surface area contributed by atoms with Gasteiger partial charge in [0.05, 0.1) is 18.7 Å². The van der Waals surface area contributed by atoms with Gasteiger partial charge in [0.2, 0.25) is 0 Å². The second-order valence-electron chi connectivity index (χ2n) is 8.46. The number of hydrogen-bond acceptors (Lipinski definition) is 8. The molecular weight excluding hydrogens is 612 g/mol. The number of methoxy groups -OCH3 is 1. The molecule has 3 atom stereocenters. The standard InChI is InChI=1S/C25H22F2N7O2S.3C2H6.K/c1-36-20-13-29-18(24(26)27)9-17(20)16-10-21(34-7-6-15(11-28)8-23(34)35)30-12-19(16)31-25-33-32-22(37-25)5-4-14-2-3-14;3*1-2;/h6-10,12-14,18,22,24-25,29,32-33H,2-3H2,1H3;3*1-2H3;/q-1;;;;+1. The first-order chi connectivity index (χ1) is 20.9. The fourth-order valence-electron chi connectivity index (χ4n) is 3.75. The third-order valence-corrected chi connectivity index (χ3v) is 6.81. The maximum atomic E-state index is 13.6. The summed E-state index contributed by atoms with van der Waals surface area (Å²) in [5.41, 5.74) is 6.79. The fraction of sp³-hybridized carbons (Fsp3) is 0.452. The number of hydrazine groups is 1. The zero-order valence-electron chi connectivity index (χ0n) is 26.6. The Labute approximate surface area is 306 Å². The molecule has 1 aliphatic carbocycles. The number of nitrogens with one attached hydrogen (secondary N) is 3. The van der Waals surface area contributed by atoms with Gasteiger partial charge in [0.1, 0.15) is 23.0 Å². The normalized spacial score (nSPS) is 19.5. The summed E-state index contributed by atoms with van der Waals surface area (Å²) >= 11 is 1.48. The molecule has 2 fully saturated rings. The number of pyridine rings is 2. The Bertz CT molecular complexity index is 1430. The summed E-state index contributed by atoms with van der Waals surface area (Å²) in [6.07, 6.45) is 5.29. The maximum Gasteiger partial charge on any atom is 1.00 e. The van der Waals surface area contributed by atoms with Crippen molar-refractivity contribution in [3.05, 3.63) is 75.4 Å². The molecule has 0 amide bonds. The number of allylic oxidation sites excluding steroid dienone is 1. The minimum absolute atomic E-state index is 0. The van der Waals surface area contributed by atoms with E-state index in [9.17, 15) is 13.6 Å². The fourth-order valence-corrected chi connectivity index (χ4v) is 4.59. The molecule has 13 heteroatoms. The van der Waals surface area contributed by atoms with E-state index in [1.165, 1.54) is 60.2 Å². The van der Waals surface area contributed by atoms with Crippen LogP contribution < -0.4 is 73.1 Å². The molecule has 2 aromatic heterocycles. The number of nitrogens with zero attached hydrogens (tertiary/aromatic N) is 4. The van der Waals surface area contributed by atoms with Gasteiger partial charge in [-0.2, -0.15) is 5.26 Å². The summed E-state index contributed by atoms with van der Waals surface area (Å²) in [6.45, 7) is 12.0. The smallest absolute Gasteiger partial charge is 0.658 e. The van der Waals surface area contributed by atoms with E-state index >= 15 is 0 Å². The number of thioether (sulfide) groups is 1. The number of nitriles is 1. The van der Waals surface area contributed by atoms with Gasteiger partial charge >= 0.3 is 51.4 Å². The molecule has 0 spiro atoms. The predicted molar refractivity (Wildman–Crippen MR) is 170 cm³/mol. The molecule has 2 aliphatic heterocycles. The number of ether oxygens (including phenoxy) is 1. The van der Waals surface area contributed by atoms with Crippen LogP contribution in [0.3, 0.4) is 0 Å². The SMILES string of the molecule is CC.CC.CC.COC1=CNC(C(F)F)C=C1c1cc(-n2ccc(C#N)cc2=O)ncc1[N-]C1NNC(C#CC2CC2)S1.[K+]. The average Bonchev–Trinajstić information content (AvgIpc) is 3.79. The number of halogens is 2. The van der Waals surface area contributed by atoms with Gasteiger partial charge in [0.25, 0.3) is 12.0 Å². The molecule has 9 nitrogen and oxygen atoms in total. The van der Waals surface area contributed by atoms with Crippen molar-refractivity contribution >= 4 is 23.0 Å². The number of aromatic nitrogens is 2. The molecule has 44 heavy (non-hydrogen) atoms. The summed E-state index contributed by atoms with van der Waals surface area (Å²) in [5.74, 6) is 7.46. The Balaban J connectivity index is 0.00000130. The molecule has 3 N–H and O–H groups in total. The van der Waals surface area contributed by atoms with Crippen LogP contribution in [0.25, 0.3) is 16.7 Å². The number of rotatable bonds is 6. The summed E-state index contributed by atoms with van der Waals surface area (Å²) in [6, 6.07) is 4.97. The van der Waals surface area contributed by atoms with Crippen LogP contribution >= 0.6 is 11.8 Å². The Morgan fingerprint density at radius 2 is 1.84 bits per heavy atom. The Hall–Kier alpha value is -2.20. The molecule has 0 aromatic carbocycles. The molecule has 3 aliphatic rings. The van der Waals surface area contributed by atoms with Crippen LogP contribution in [0.4, 0.5) is 14.5 Å². The van der Waals surface area contributed by atoms with Crippen LogP contribution in [0.15, 0.2) is 53.4 Å². The van der Waals surface area contributed by atoms with Gasteiger partial charge in [0, 0.05) is 36.2 Å². The van der Waals surface area contributed by atoms with Crippen molar-refractivity contribution in [2.45, 2.75) is 77.7 Å². The summed E-state index contributed by atoms with van der Waals surface area (Å²) < 4.78 is 33.9. The van der Waals surface area contributed by atoms with Crippen molar-refractivity contribution in [3.63, 3.8) is 0 Å². The van der Waals surface area contributed by atoms with Gasteiger partial charge in [-0.15, -0.1) is 17.4 Å². The zero-order valence-corrected chi connectivity index (χ0v) is 30.6. The predicted octanol–water partition coefficient (Wildman–Crippen LogP) is 3.16. The minimum Gasteiger partial charge on any atom is -0.658 e. The first-order valence-electron chi connectivity index (χ1n) is 14.5. The average molecular weight is 652 g/mol. The minimum atomic E-state index is -2.66. The van der Waals surface area contributed by atoms with E-state index < -0.39 is 23.5 Å². The monoisotopic (exact) mass is 651 g/mol. The molecule has 1 saturated carbocycles. The van der Waals surface area contributed by atoms with Crippen LogP contribution in [-0.2, 0) is 4.74 Å². The van der Waals surface area contributed by atoms with E-state index in [4.69, 9.17) is 15.3 Å². The number of alkyl halides is 2. The molecular formula is C31H40F2KN7O2S. The van der Waals surface area contributed by atoms with E-state index in [2.05, 4.69) is 33.0 Å². The van der Waals surface area contributed by atoms with E-state index in [0.717, 1.165) is 12.8 Å². The van der Waals surface area contributed by atoms with E-state index in [1.54, 1.807) is 6.07 Å². The Kier molecular flexibility index (Phi) is 18.8. The molecule has 0 bridgehead atoms. The molecule has 232 valence electrons. The van der Waals surface area contributed by atoms with Gasteiger partial charge in [-0.05, 0) is 42.1 Å². The number of hydrogen-bond donors (Lipinski definition) is 3. The second kappa shape index (κ2) is 20.8. The van der Waals surface area contributed by atoms with E-state index in [-0.39, 0.29) is 68.1 Å². The third kappa shape index (κ3) is 11.0. The zero-order chi connectivity index (χ0) is 31.9. The number of dihydropyridines is 1. The molecule has 2 aromatic rings. The summed E-state index contributed by atoms with van der Waals surface area (Å²) in [4.78, 5) is 17.0. The molecule has 0 radical (unpaired) electrons. The van der Waals surface area contributed by atoms with Gasteiger partial charge in [-0.1, -0.05) is 53.4 Å². The Morgan fingerprint density at radius 3 is 2.43 bits per heavy atom. The third-order valence-electron chi connectivity index (χ3n) is 5.82. The van der Waals surface area contributed by atoms with Crippen molar-refractivity contribution < 1.29 is 64.9 Å². The van der Waals surface area contributed by atoms with E-state index in [1.807, 2.05) is 47.6 Å². The first-order valence-corrected chi connectivity index (χ1v) is 15.4. The summed E-state index contributed by atoms with van der Waals surface area (Å²) in [7, 11) is 1.44. The maximum absolute atomic E-state index is 13.6. The van der Waals surface area contributed by atoms with Crippen LogP contribution in [0.2, 0.25) is 0 Å². The van der Waals surface area contributed by atoms with Gasteiger partial charge in [0.15, 0.2) is 0 Å². The van der Waals surface area contributed by atoms with Crippen LogP contribution in [-0.4, -0.2) is 40.0 Å². The largest absolute Gasteiger partial charge is 1.00 e. The molecule has 1 saturated heterocycles. The summed E-state index contributed by atoms with van der Waals surface area (Å²) in [5, 5.41) is 16.3. The molecule has 3 unspecified atom stereocenters. The first kappa shape index (κ1) is 39.8. The van der Waals surface area contributed by atoms with Gasteiger partial charge in [-0.25, -0.2) is 19.2 Å². The van der Waals surface area contributed by atoms with Crippen LogP contribution in [0.5, 0.6) is 0 Å². The molecule has 4 heterocycles. The topological polar surface area (TPSA) is 118 Å². The van der Waals surface area contributed by atoms with Crippen LogP contribution in [0.1, 0.15) is 65.5 Å².